The topological polar surface area (TPSA) is 26.0 Å². The highest BCUT2D eigenvalue weighted by atomic mass is 16.3. The van der Waals surface area contributed by atoms with Gasteiger partial charge in [-0.05, 0) is 99.0 Å². The zero-order chi connectivity index (χ0) is 32.6. The fraction of sp³-hybridized carbons (Fsp3) is 0.146. The summed E-state index contributed by atoms with van der Waals surface area (Å²) in [6.07, 6.45) is 6.46. The molecule has 2 aromatic heterocycles. The maximum atomic E-state index is 7.08. The number of benzene rings is 6. The fourth-order valence-corrected chi connectivity index (χ4v) is 10.6. The molecule has 0 N–H and O–H groups in total. The molecule has 236 valence electrons. The Balaban J connectivity index is 1.23. The van der Waals surface area contributed by atoms with E-state index in [0.717, 1.165) is 42.5 Å². The maximum Gasteiger partial charge on any atom is 0.143 e. The molecule has 2 heterocycles. The number of hydrogen-bond donors (Lipinski definition) is 0. The second-order valence-electron chi connectivity index (χ2n) is 14.8. The highest BCUT2D eigenvalue weighted by molar-refractivity contribution is 6.15. The number of para-hydroxylation sites is 1. The van der Waals surface area contributed by atoms with Crippen molar-refractivity contribution in [2.24, 2.45) is 0 Å². The number of aromatic nitrogens is 1. The van der Waals surface area contributed by atoms with Gasteiger partial charge in [0.25, 0.3) is 0 Å². The molecule has 4 aliphatic rings. The van der Waals surface area contributed by atoms with Crippen molar-refractivity contribution in [2.75, 3.05) is 0 Å². The summed E-state index contributed by atoms with van der Waals surface area (Å²) < 4.78 is 7.08. The lowest BCUT2D eigenvalue weighted by atomic mass is 9.71. The first-order valence-electron chi connectivity index (χ1n) is 18.1. The molecule has 3 atom stereocenters. The summed E-state index contributed by atoms with van der Waals surface area (Å²) in [7, 11) is 0. The number of furan rings is 1. The molecule has 2 nitrogen and oxygen atoms in total. The number of aryl methyl sites for hydroxylation is 2. The van der Waals surface area contributed by atoms with E-state index in [1.165, 1.54) is 83.1 Å². The lowest BCUT2D eigenvalue weighted by Crippen LogP contribution is -2.27. The lowest BCUT2D eigenvalue weighted by molar-refractivity contribution is 0.667. The van der Waals surface area contributed by atoms with Gasteiger partial charge in [0, 0.05) is 39.9 Å². The van der Waals surface area contributed by atoms with Crippen molar-refractivity contribution in [3.63, 3.8) is 0 Å². The smallest absolute Gasteiger partial charge is 0.143 e. The molecular formula is C48H33NO. The predicted octanol–water partition coefficient (Wildman–Crippen LogP) is 11.5. The van der Waals surface area contributed by atoms with E-state index in [-0.39, 0.29) is 0 Å². The second-order valence-corrected chi connectivity index (χ2v) is 14.8. The molecule has 6 aromatic carbocycles. The molecule has 1 spiro atoms. The number of pyridine rings is 1. The zero-order valence-corrected chi connectivity index (χ0v) is 27.6. The molecule has 0 radical (unpaired) electrons. The van der Waals surface area contributed by atoms with Gasteiger partial charge in [0.05, 0.1) is 11.1 Å². The highest BCUT2D eigenvalue weighted by Gasteiger charge is 2.54. The number of rotatable bonds is 2. The Morgan fingerprint density at radius 2 is 1.28 bits per heavy atom. The summed E-state index contributed by atoms with van der Waals surface area (Å²) in [6, 6.07) is 50.2. The van der Waals surface area contributed by atoms with Crippen molar-refractivity contribution in [1.29, 1.82) is 0 Å². The minimum atomic E-state index is -0.550. The Hall–Kier alpha value is -5.73. The van der Waals surface area contributed by atoms with Crippen LogP contribution in [0.2, 0.25) is 0 Å². The average Bonchev–Trinajstić information content (AvgIpc) is 3.99. The van der Waals surface area contributed by atoms with Crippen LogP contribution in [0.1, 0.15) is 80.4 Å². The minimum absolute atomic E-state index is 0.297. The van der Waals surface area contributed by atoms with Crippen LogP contribution in [0.25, 0.3) is 44.2 Å². The Morgan fingerprint density at radius 1 is 0.560 bits per heavy atom. The Labute approximate surface area is 291 Å². The van der Waals surface area contributed by atoms with E-state index in [1.54, 1.807) is 0 Å². The van der Waals surface area contributed by atoms with Crippen LogP contribution in [-0.2, 0) is 18.3 Å². The van der Waals surface area contributed by atoms with Gasteiger partial charge in [-0.1, -0.05) is 121 Å². The summed E-state index contributed by atoms with van der Waals surface area (Å²) in [5.41, 5.74) is 20.2. The van der Waals surface area contributed by atoms with Gasteiger partial charge in [-0.25, -0.2) is 0 Å². The van der Waals surface area contributed by atoms with Gasteiger partial charge >= 0.3 is 0 Å². The van der Waals surface area contributed by atoms with Gasteiger partial charge in [0.1, 0.15) is 11.2 Å². The van der Waals surface area contributed by atoms with Crippen LogP contribution in [0.3, 0.4) is 0 Å². The van der Waals surface area contributed by atoms with E-state index in [9.17, 15) is 0 Å². The highest BCUT2D eigenvalue weighted by Crippen LogP contribution is 2.65. The molecule has 0 fully saturated rings. The van der Waals surface area contributed by atoms with E-state index in [4.69, 9.17) is 9.40 Å². The van der Waals surface area contributed by atoms with Crippen molar-refractivity contribution in [3.8, 4) is 22.3 Å². The SMILES string of the molecule is c1ccc2c(c1)CCC2c1ccc2c(c1)C1(c3ccccc3-c3cccnc31)c1cc(C3CCc4ccccc43)c3c(oc4ccccc43)c1-2. The van der Waals surface area contributed by atoms with Gasteiger partial charge < -0.3 is 4.42 Å². The Morgan fingerprint density at radius 3 is 2.16 bits per heavy atom. The largest absolute Gasteiger partial charge is 0.455 e. The number of nitrogens with zero attached hydrogens (tertiary/aromatic N) is 1. The summed E-state index contributed by atoms with van der Waals surface area (Å²) in [5.74, 6) is 0.681. The first-order chi connectivity index (χ1) is 24.8. The molecule has 8 aromatic rings. The van der Waals surface area contributed by atoms with Gasteiger partial charge in [-0.15, -0.1) is 0 Å². The van der Waals surface area contributed by atoms with E-state index in [1.807, 2.05) is 6.20 Å². The lowest BCUT2D eigenvalue weighted by Gasteiger charge is -2.30. The van der Waals surface area contributed by atoms with E-state index in [0.29, 0.717) is 11.8 Å². The molecule has 0 bridgehead atoms. The average molecular weight is 640 g/mol. The quantitative estimate of drug-likeness (QED) is 0.188. The minimum Gasteiger partial charge on any atom is -0.455 e. The Bertz CT molecular complexity index is 2700. The van der Waals surface area contributed by atoms with Crippen molar-refractivity contribution in [2.45, 2.75) is 42.9 Å². The van der Waals surface area contributed by atoms with Gasteiger partial charge in [0.15, 0.2) is 0 Å². The van der Waals surface area contributed by atoms with Gasteiger partial charge in [0.2, 0.25) is 0 Å². The predicted molar refractivity (Wildman–Crippen MR) is 201 cm³/mol. The van der Waals surface area contributed by atoms with E-state index in [2.05, 4.69) is 133 Å². The van der Waals surface area contributed by atoms with Gasteiger partial charge in [-0.2, -0.15) is 0 Å². The summed E-state index contributed by atoms with van der Waals surface area (Å²) in [6.45, 7) is 0. The van der Waals surface area contributed by atoms with E-state index >= 15 is 0 Å². The van der Waals surface area contributed by atoms with Crippen molar-refractivity contribution in [1.82, 2.24) is 4.98 Å². The number of fused-ring (bicyclic) bond motifs is 16. The van der Waals surface area contributed by atoms with Gasteiger partial charge in [-0.3, -0.25) is 4.98 Å². The summed E-state index contributed by atoms with van der Waals surface area (Å²) >= 11 is 0. The molecule has 2 heteroatoms. The van der Waals surface area contributed by atoms with E-state index < -0.39 is 5.41 Å². The first-order valence-corrected chi connectivity index (χ1v) is 18.1. The summed E-state index contributed by atoms with van der Waals surface area (Å²) in [4.78, 5) is 5.33. The molecular weight excluding hydrogens is 607 g/mol. The zero-order valence-electron chi connectivity index (χ0n) is 27.6. The Kier molecular flexibility index (Phi) is 5.26. The molecule has 0 aliphatic heterocycles. The molecule has 0 saturated carbocycles. The van der Waals surface area contributed by atoms with Crippen LogP contribution in [0, 0.1) is 0 Å². The van der Waals surface area contributed by atoms with Crippen LogP contribution in [0.15, 0.2) is 144 Å². The van der Waals surface area contributed by atoms with Crippen LogP contribution >= 0.6 is 0 Å². The maximum absolute atomic E-state index is 7.08. The molecule has 3 unspecified atom stereocenters. The third-order valence-electron chi connectivity index (χ3n) is 12.6. The summed E-state index contributed by atoms with van der Waals surface area (Å²) in [5, 5.41) is 2.47. The third kappa shape index (κ3) is 3.27. The van der Waals surface area contributed by atoms with Crippen molar-refractivity contribution < 1.29 is 4.42 Å². The molecule has 50 heavy (non-hydrogen) atoms. The van der Waals surface area contributed by atoms with Crippen LogP contribution in [0.5, 0.6) is 0 Å². The van der Waals surface area contributed by atoms with Crippen LogP contribution < -0.4 is 0 Å². The van der Waals surface area contributed by atoms with Crippen molar-refractivity contribution in [3.05, 3.63) is 195 Å². The standard InChI is InChI=1S/C48H33NO/c1-3-12-31-28(10-1)19-22-33(31)30-21-24-37-41(26-30)48(40-17-7-5-14-35(40)36-16-9-25-49-47(36)48)42-27-39(34-23-20-29-11-2-4-13-32(29)34)44-38-15-6-8-18-43(38)50-46(44)45(37)42/h1-18,21,24-27,33-34H,19-20,22-23H2. The molecule has 0 amide bonds. The molecule has 0 saturated heterocycles. The second kappa shape index (κ2) is 9.70. The first kappa shape index (κ1) is 27.1. The molecule has 12 rings (SSSR count). The third-order valence-corrected chi connectivity index (χ3v) is 12.6. The number of hydrogen-bond acceptors (Lipinski definition) is 2. The van der Waals surface area contributed by atoms with Crippen molar-refractivity contribution >= 4 is 21.9 Å². The van der Waals surface area contributed by atoms with Crippen LogP contribution in [-0.4, -0.2) is 4.98 Å². The van der Waals surface area contributed by atoms with Crippen LogP contribution in [0.4, 0.5) is 0 Å². The molecule has 4 aliphatic carbocycles. The normalized spacial score (nSPS) is 20.6. The fourth-order valence-electron chi connectivity index (χ4n) is 10.6. The monoisotopic (exact) mass is 639 g/mol.